The Balaban J connectivity index is 1.43. The van der Waals surface area contributed by atoms with E-state index in [1.807, 2.05) is 0 Å². The lowest BCUT2D eigenvalue weighted by Gasteiger charge is -2.29. The van der Waals surface area contributed by atoms with Gasteiger partial charge in [0.25, 0.3) is 0 Å². The van der Waals surface area contributed by atoms with Crippen molar-refractivity contribution in [2.24, 2.45) is 5.92 Å². The first-order valence-corrected chi connectivity index (χ1v) is 7.54. The predicted octanol–water partition coefficient (Wildman–Crippen LogP) is 0.640. The second-order valence-electron chi connectivity index (χ2n) is 5.74. The Hall–Kier alpha value is -0.160. The maximum absolute atomic E-state index is 5.35. The van der Waals surface area contributed by atoms with Gasteiger partial charge in [0.2, 0.25) is 0 Å². The molecule has 2 fully saturated rings. The lowest BCUT2D eigenvalue weighted by molar-refractivity contribution is 0.0384. The fourth-order valence-corrected chi connectivity index (χ4v) is 2.84. The molecule has 2 aliphatic rings. The predicted molar refractivity (Wildman–Crippen MR) is 75.0 cm³/mol. The van der Waals surface area contributed by atoms with Crippen LogP contribution in [0.5, 0.6) is 0 Å². The molecule has 4 heteroatoms. The van der Waals surface area contributed by atoms with Gasteiger partial charge in [-0.2, -0.15) is 0 Å². The molecule has 4 nitrogen and oxygen atoms in total. The van der Waals surface area contributed by atoms with Crippen molar-refractivity contribution in [3.63, 3.8) is 0 Å². The number of hydrogen-bond acceptors (Lipinski definition) is 4. The van der Waals surface area contributed by atoms with Crippen LogP contribution in [0.3, 0.4) is 0 Å². The monoisotopic (exact) mass is 255 g/mol. The quantitative estimate of drug-likeness (QED) is 0.705. The average molecular weight is 255 g/mol. The number of morpholine rings is 1. The van der Waals surface area contributed by atoms with Gasteiger partial charge in [-0.1, -0.05) is 0 Å². The lowest BCUT2D eigenvalue weighted by atomic mass is 9.94. The Bertz CT molecular complexity index is 211. The second-order valence-corrected chi connectivity index (χ2v) is 5.74. The van der Waals surface area contributed by atoms with Crippen LogP contribution in [-0.2, 0) is 4.74 Å². The highest BCUT2D eigenvalue weighted by Gasteiger charge is 2.15. The van der Waals surface area contributed by atoms with E-state index in [1.54, 1.807) is 0 Å². The van der Waals surface area contributed by atoms with E-state index in [0.29, 0.717) is 0 Å². The molecule has 0 aromatic carbocycles. The number of nitrogens with zero attached hydrogens (tertiary/aromatic N) is 2. The van der Waals surface area contributed by atoms with Gasteiger partial charge in [-0.15, -0.1) is 0 Å². The Kier molecular flexibility index (Phi) is 6.41. The van der Waals surface area contributed by atoms with E-state index in [9.17, 15) is 0 Å². The van der Waals surface area contributed by atoms with Crippen LogP contribution in [0, 0.1) is 5.92 Å². The summed E-state index contributed by atoms with van der Waals surface area (Å²) in [5.41, 5.74) is 0. The van der Waals surface area contributed by atoms with Gasteiger partial charge < -0.3 is 15.0 Å². The smallest absolute Gasteiger partial charge is 0.0594 e. The minimum absolute atomic E-state index is 0.912. The third kappa shape index (κ3) is 5.22. The van der Waals surface area contributed by atoms with Crippen molar-refractivity contribution in [1.82, 2.24) is 15.1 Å². The highest BCUT2D eigenvalue weighted by atomic mass is 16.5. The number of hydrogen-bond donors (Lipinski definition) is 1. The van der Waals surface area contributed by atoms with Crippen LogP contribution in [0.2, 0.25) is 0 Å². The van der Waals surface area contributed by atoms with Crippen LogP contribution in [0.15, 0.2) is 0 Å². The number of piperidine rings is 1. The molecule has 0 unspecified atom stereocenters. The van der Waals surface area contributed by atoms with Crippen LogP contribution in [-0.4, -0.2) is 75.9 Å². The number of ether oxygens (including phenoxy) is 1. The van der Waals surface area contributed by atoms with Crippen molar-refractivity contribution in [2.75, 3.05) is 66.1 Å². The van der Waals surface area contributed by atoms with Crippen molar-refractivity contribution >= 4 is 0 Å². The number of nitrogens with one attached hydrogen (secondary N) is 1. The molecule has 2 heterocycles. The molecule has 0 spiro atoms. The molecule has 0 atom stereocenters. The zero-order valence-electron chi connectivity index (χ0n) is 11.9. The van der Waals surface area contributed by atoms with Gasteiger partial charge in [0.15, 0.2) is 0 Å². The Morgan fingerprint density at radius 2 is 1.78 bits per heavy atom. The third-order valence-corrected chi connectivity index (χ3v) is 4.28. The summed E-state index contributed by atoms with van der Waals surface area (Å²) < 4.78 is 5.35. The Morgan fingerprint density at radius 1 is 1.06 bits per heavy atom. The molecule has 0 bridgehead atoms. The van der Waals surface area contributed by atoms with Crippen molar-refractivity contribution < 1.29 is 4.74 Å². The molecule has 106 valence electrons. The van der Waals surface area contributed by atoms with E-state index >= 15 is 0 Å². The molecule has 0 saturated carbocycles. The Morgan fingerprint density at radius 3 is 2.50 bits per heavy atom. The van der Waals surface area contributed by atoms with Crippen LogP contribution < -0.4 is 5.32 Å². The lowest BCUT2D eigenvalue weighted by Crippen LogP contribution is -2.40. The standard InChI is InChI=1S/C14H29N3O/c1-16-7-3-14(4-8-16)2-5-15-6-9-17-10-12-18-13-11-17/h14-15H,2-13H2,1H3. The summed E-state index contributed by atoms with van der Waals surface area (Å²) in [4.78, 5) is 4.94. The minimum atomic E-state index is 0.912. The summed E-state index contributed by atoms with van der Waals surface area (Å²) in [7, 11) is 2.23. The summed E-state index contributed by atoms with van der Waals surface area (Å²) in [5.74, 6) is 0.956. The van der Waals surface area contributed by atoms with Crippen molar-refractivity contribution in [1.29, 1.82) is 0 Å². The number of rotatable bonds is 6. The van der Waals surface area contributed by atoms with Crippen molar-refractivity contribution in [2.45, 2.75) is 19.3 Å². The molecule has 2 saturated heterocycles. The second kappa shape index (κ2) is 8.10. The van der Waals surface area contributed by atoms with Crippen LogP contribution in [0.25, 0.3) is 0 Å². The Labute approximate surface area is 112 Å². The molecule has 0 aromatic rings. The molecule has 0 amide bonds. The summed E-state index contributed by atoms with van der Waals surface area (Å²) in [6.07, 6.45) is 4.14. The summed E-state index contributed by atoms with van der Waals surface area (Å²) >= 11 is 0. The molecule has 0 aromatic heterocycles. The van der Waals surface area contributed by atoms with Crippen LogP contribution in [0.4, 0.5) is 0 Å². The first-order chi connectivity index (χ1) is 8.84. The topological polar surface area (TPSA) is 27.7 Å². The zero-order chi connectivity index (χ0) is 12.6. The van der Waals surface area contributed by atoms with Gasteiger partial charge in [-0.25, -0.2) is 0 Å². The average Bonchev–Trinajstić information content (AvgIpc) is 2.42. The molecular weight excluding hydrogens is 226 g/mol. The van der Waals surface area contributed by atoms with Crippen LogP contribution in [0.1, 0.15) is 19.3 Å². The number of likely N-dealkylation sites (tertiary alicyclic amines) is 1. The van der Waals surface area contributed by atoms with E-state index in [2.05, 4.69) is 22.2 Å². The summed E-state index contributed by atoms with van der Waals surface area (Å²) in [6, 6.07) is 0. The molecule has 2 rings (SSSR count). The van der Waals surface area contributed by atoms with Gasteiger partial charge in [0.05, 0.1) is 13.2 Å². The van der Waals surface area contributed by atoms with E-state index in [1.165, 1.54) is 45.4 Å². The summed E-state index contributed by atoms with van der Waals surface area (Å²) in [6.45, 7) is 10.1. The molecule has 18 heavy (non-hydrogen) atoms. The van der Waals surface area contributed by atoms with E-state index in [4.69, 9.17) is 4.74 Å². The molecule has 2 aliphatic heterocycles. The van der Waals surface area contributed by atoms with E-state index in [0.717, 1.165) is 38.8 Å². The molecule has 1 N–H and O–H groups in total. The van der Waals surface area contributed by atoms with Gasteiger partial charge in [0.1, 0.15) is 0 Å². The molecular formula is C14H29N3O. The van der Waals surface area contributed by atoms with Gasteiger partial charge in [-0.3, -0.25) is 4.90 Å². The van der Waals surface area contributed by atoms with Crippen LogP contribution >= 0.6 is 0 Å². The first kappa shape index (κ1) is 14.3. The zero-order valence-corrected chi connectivity index (χ0v) is 11.9. The highest BCUT2D eigenvalue weighted by Crippen LogP contribution is 2.18. The van der Waals surface area contributed by atoms with E-state index < -0.39 is 0 Å². The maximum Gasteiger partial charge on any atom is 0.0594 e. The SMILES string of the molecule is CN1CCC(CCNCCN2CCOCC2)CC1. The minimum Gasteiger partial charge on any atom is -0.379 e. The van der Waals surface area contributed by atoms with Gasteiger partial charge in [-0.05, 0) is 51.9 Å². The normalized spacial score (nSPS) is 24.5. The first-order valence-electron chi connectivity index (χ1n) is 7.54. The fourth-order valence-electron chi connectivity index (χ4n) is 2.84. The maximum atomic E-state index is 5.35. The largest absolute Gasteiger partial charge is 0.379 e. The summed E-state index contributed by atoms with van der Waals surface area (Å²) in [5, 5.41) is 3.60. The molecule has 0 radical (unpaired) electrons. The van der Waals surface area contributed by atoms with Crippen molar-refractivity contribution in [3.8, 4) is 0 Å². The van der Waals surface area contributed by atoms with Crippen molar-refractivity contribution in [3.05, 3.63) is 0 Å². The van der Waals surface area contributed by atoms with E-state index in [-0.39, 0.29) is 0 Å². The van der Waals surface area contributed by atoms with Gasteiger partial charge in [0, 0.05) is 26.2 Å². The highest BCUT2D eigenvalue weighted by molar-refractivity contribution is 4.71. The third-order valence-electron chi connectivity index (χ3n) is 4.28. The fraction of sp³-hybridized carbons (Fsp3) is 1.00. The molecule has 0 aliphatic carbocycles. The van der Waals surface area contributed by atoms with Gasteiger partial charge >= 0.3 is 0 Å².